The zero-order valence-corrected chi connectivity index (χ0v) is 18.9. The van der Waals surface area contributed by atoms with Gasteiger partial charge >= 0.3 is 12.1 Å². The maximum absolute atomic E-state index is 12.9. The number of benzene rings is 1. The summed E-state index contributed by atoms with van der Waals surface area (Å²) in [6.07, 6.45) is -3.27. The maximum Gasteiger partial charge on any atom is 0.490 e. The van der Waals surface area contributed by atoms with E-state index >= 15 is 0 Å². The minimum atomic E-state index is -5.08. The SMILES string of the molecule is CSc1sc(C(=N)N)cc1S(=O)(=O)c1ccc(C(C)(C)C)cc1.O=C(O)C(F)(F)F. The third-order valence-electron chi connectivity index (χ3n) is 3.68. The molecule has 0 saturated carbocycles. The van der Waals surface area contributed by atoms with Gasteiger partial charge in [-0.25, -0.2) is 13.2 Å². The Kier molecular flexibility index (Phi) is 8.14. The first-order valence-corrected chi connectivity index (χ1v) is 11.7. The molecule has 0 aliphatic carbocycles. The molecule has 4 N–H and O–H groups in total. The van der Waals surface area contributed by atoms with Crippen LogP contribution in [-0.2, 0) is 20.0 Å². The second-order valence-corrected chi connectivity index (χ2v) is 11.0. The van der Waals surface area contributed by atoms with Gasteiger partial charge in [-0.3, -0.25) is 5.41 Å². The number of amidine groups is 1. The van der Waals surface area contributed by atoms with Gasteiger partial charge in [0, 0.05) is 0 Å². The molecule has 0 unspecified atom stereocenters. The molecule has 2 aromatic rings. The van der Waals surface area contributed by atoms with Crippen LogP contribution in [0, 0.1) is 5.41 Å². The summed E-state index contributed by atoms with van der Waals surface area (Å²) < 4.78 is 58.2. The lowest BCUT2D eigenvalue weighted by Crippen LogP contribution is -2.21. The van der Waals surface area contributed by atoms with Gasteiger partial charge in [0.25, 0.3) is 0 Å². The predicted octanol–water partition coefficient (Wildman–Crippen LogP) is 4.52. The summed E-state index contributed by atoms with van der Waals surface area (Å²) in [5.41, 5.74) is 6.54. The van der Waals surface area contributed by atoms with Crippen molar-refractivity contribution in [1.29, 1.82) is 5.41 Å². The summed E-state index contributed by atoms with van der Waals surface area (Å²) >= 11 is 2.58. The Balaban J connectivity index is 0.000000553. The Bertz CT molecular complexity index is 1020. The maximum atomic E-state index is 12.9. The molecule has 2 rings (SSSR count). The lowest BCUT2D eigenvalue weighted by Gasteiger charge is -2.19. The number of thiophene rings is 1. The highest BCUT2D eigenvalue weighted by Gasteiger charge is 2.38. The van der Waals surface area contributed by atoms with Crippen molar-refractivity contribution in [2.24, 2.45) is 5.73 Å². The fourth-order valence-electron chi connectivity index (χ4n) is 2.08. The molecule has 0 aliphatic heterocycles. The van der Waals surface area contributed by atoms with Gasteiger partial charge in [0.05, 0.1) is 18.9 Å². The van der Waals surface area contributed by atoms with Crippen LogP contribution >= 0.6 is 23.1 Å². The molecule has 0 atom stereocenters. The Labute approximate surface area is 180 Å². The Morgan fingerprint density at radius 1 is 1.17 bits per heavy atom. The van der Waals surface area contributed by atoms with Gasteiger partial charge in [-0.2, -0.15) is 13.2 Å². The summed E-state index contributed by atoms with van der Waals surface area (Å²) in [7, 11) is -3.62. The monoisotopic (exact) mass is 482 g/mol. The van der Waals surface area contributed by atoms with Crippen LogP contribution in [0.2, 0.25) is 0 Å². The standard InChI is InChI=1S/C16H20N2O2S3.C2HF3O2/c1-16(2,3)10-5-7-11(8-6-10)23(19,20)13-9-12(14(17)18)22-15(13)21-4;3-2(4,5)1(6)7/h5-9H,1-4H3,(H3,17,18);(H,6,7). The van der Waals surface area contributed by atoms with E-state index in [0.29, 0.717) is 9.09 Å². The average molecular weight is 483 g/mol. The second kappa shape index (κ2) is 9.40. The van der Waals surface area contributed by atoms with Crippen LogP contribution in [0.1, 0.15) is 31.2 Å². The summed E-state index contributed by atoms with van der Waals surface area (Å²) in [6.45, 7) is 6.25. The smallest absolute Gasteiger partial charge is 0.475 e. The van der Waals surface area contributed by atoms with Crippen molar-refractivity contribution in [3.8, 4) is 0 Å². The van der Waals surface area contributed by atoms with Crippen LogP contribution in [0.15, 0.2) is 44.3 Å². The van der Waals surface area contributed by atoms with Crippen LogP contribution in [0.25, 0.3) is 0 Å². The quantitative estimate of drug-likeness (QED) is 0.335. The zero-order chi connectivity index (χ0) is 23.5. The summed E-state index contributed by atoms with van der Waals surface area (Å²) in [6, 6.07) is 8.48. The summed E-state index contributed by atoms with van der Waals surface area (Å²) in [5, 5.41) is 14.6. The number of nitrogens with one attached hydrogen (secondary N) is 1. The number of carboxylic acid groups (broad SMARTS) is 1. The number of hydrogen-bond acceptors (Lipinski definition) is 6. The lowest BCUT2D eigenvalue weighted by atomic mass is 9.87. The zero-order valence-electron chi connectivity index (χ0n) is 16.5. The summed E-state index contributed by atoms with van der Waals surface area (Å²) in [5.74, 6) is -2.87. The molecule has 0 amide bonds. The number of nitrogen functional groups attached to an aromatic ring is 1. The summed E-state index contributed by atoms with van der Waals surface area (Å²) in [4.78, 5) is 9.85. The van der Waals surface area contributed by atoms with Crippen molar-refractivity contribution in [3.63, 3.8) is 0 Å². The van der Waals surface area contributed by atoms with Crippen molar-refractivity contribution in [3.05, 3.63) is 40.8 Å². The number of alkyl halides is 3. The Hall–Kier alpha value is -2.05. The largest absolute Gasteiger partial charge is 0.490 e. The van der Waals surface area contributed by atoms with E-state index in [1.54, 1.807) is 12.1 Å². The number of nitrogens with two attached hydrogens (primary N) is 1. The van der Waals surface area contributed by atoms with Crippen LogP contribution in [-0.4, -0.2) is 37.8 Å². The van der Waals surface area contributed by atoms with Gasteiger partial charge in [0.15, 0.2) is 0 Å². The minimum Gasteiger partial charge on any atom is -0.475 e. The van der Waals surface area contributed by atoms with Crippen LogP contribution < -0.4 is 5.73 Å². The molecular weight excluding hydrogens is 461 g/mol. The minimum absolute atomic E-state index is 0.0309. The number of aliphatic carboxylic acids is 1. The Morgan fingerprint density at radius 2 is 1.63 bits per heavy atom. The molecule has 0 spiro atoms. The Morgan fingerprint density at radius 3 is 1.97 bits per heavy atom. The van der Waals surface area contributed by atoms with E-state index in [1.165, 1.54) is 29.2 Å². The fraction of sp³-hybridized carbons (Fsp3) is 0.333. The normalized spacial score (nSPS) is 12.1. The van der Waals surface area contributed by atoms with Crippen LogP contribution in [0.4, 0.5) is 13.2 Å². The third kappa shape index (κ3) is 6.47. The number of hydrogen-bond donors (Lipinski definition) is 3. The predicted molar refractivity (Wildman–Crippen MR) is 111 cm³/mol. The number of sulfone groups is 1. The average Bonchev–Trinajstić information content (AvgIpc) is 3.06. The molecular formula is C18H21F3N2O4S3. The second-order valence-electron chi connectivity index (χ2n) is 6.96. The molecule has 0 bridgehead atoms. The molecule has 12 heteroatoms. The van der Waals surface area contributed by atoms with E-state index in [4.69, 9.17) is 21.0 Å². The van der Waals surface area contributed by atoms with Crippen molar-refractivity contribution in [2.45, 2.75) is 46.4 Å². The molecule has 0 aliphatic rings. The first kappa shape index (κ1) is 26.0. The first-order chi connectivity index (χ1) is 13.5. The molecule has 1 heterocycles. The lowest BCUT2D eigenvalue weighted by molar-refractivity contribution is -0.192. The van der Waals surface area contributed by atoms with Crippen molar-refractivity contribution in [1.82, 2.24) is 0 Å². The number of halogens is 3. The van der Waals surface area contributed by atoms with Gasteiger partial charge in [0.1, 0.15) is 5.84 Å². The van der Waals surface area contributed by atoms with E-state index in [0.717, 1.165) is 5.56 Å². The molecule has 0 radical (unpaired) electrons. The third-order valence-corrected chi connectivity index (χ3v) is 8.04. The van der Waals surface area contributed by atoms with Crippen molar-refractivity contribution >= 4 is 44.7 Å². The van der Waals surface area contributed by atoms with Gasteiger partial charge in [0.2, 0.25) is 9.84 Å². The number of carboxylic acids is 1. The van der Waals surface area contributed by atoms with E-state index in [-0.39, 0.29) is 21.0 Å². The first-order valence-electron chi connectivity index (χ1n) is 8.19. The van der Waals surface area contributed by atoms with Crippen LogP contribution in [0.5, 0.6) is 0 Å². The van der Waals surface area contributed by atoms with Gasteiger partial charge in [-0.15, -0.1) is 23.1 Å². The number of rotatable bonds is 4. The molecule has 0 saturated heterocycles. The molecule has 6 nitrogen and oxygen atoms in total. The number of thioether (sulfide) groups is 1. The highest BCUT2D eigenvalue weighted by molar-refractivity contribution is 8.01. The molecule has 30 heavy (non-hydrogen) atoms. The van der Waals surface area contributed by atoms with E-state index in [1.807, 2.05) is 18.4 Å². The van der Waals surface area contributed by atoms with Crippen molar-refractivity contribution in [2.75, 3.05) is 6.26 Å². The van der Waals surface area contributed by atoms with E-state index in [9.17, 15) is 21.6 Å². The molecule has 0 fully saturated rings. The topological polar surface area (TPSA) is 121 Å². The highest BCUT2D eigenvalue weighted by Crippen LogP contribution is 2.37. The van der Waals surface area contributed by atoms with Crippen molar-refractivity contribution < 1.29 is 31.5 Å². The molecule has 1 aromatic carbocycles. The molecule has 1 aromatic heterocycles. The van der Waals surface area contributed by atoms with Crippen LogP contribution in [0.3, 0.4) is 0 Å². The molecule has 166 valence electrons. The fourth-order valence-corrected chi connectivity index (χ4v) is 5.94. The van der Waals surface area contributed by atoms with Gasteiger partial charge in [-0.05, 0) is 35.4 Å². The van der Waals surface area contributed by atoms with E-state index in [2.05, 4.69) is 20.8 Å². The highest BCUT2D eigenvalue weighted by atomic mass is 32.2. The van der Waals surface area contributed by atoms with Gasteiger partial charge in [-0.1, -0.05) is 32.9 Å². The number of carbonyl (C=O) groups is 1. The van der Waals surface area contributed by atoms with Gasteiger partial charge < -0.3 is 10.8 Å². The van der Waals surface area contributed by atoms with E-state index < -0.39 is 22.0 Å².